The Labute approximate surface area is 656 Å². The third-order valence-corrected chi connectivity index (χ3v) is 22.4. The van der Waals surface area contributed by atoms with Gasteiger partial charge in [0.25, 0.3) is 0 Å². The van der Waals surface area contributed by atoms with Gasteiger partial charge in [0, 0.05) is 77.0 Å². The summed E-state index contributed by atoms with van der Waals surface area (Å²) in [4.78, 5) is 147. The van der Waals surface area contributed by atoms with Crippen LogP contribution in [0.25, 0.3) is 0 Å². The van der Waals surface area contributed by atoms with Crippen LogP contribution < -0.4 is 47.8 Å². The molecular formula is C79H121N13O18S. The van der Waals surface area contributed by atoms with E-state index in [2.05, 4.69) is 37.2 Å². The van der Waals surface area contributed by atoms with Crippen LogP contribution in [0.5, 0.6) is 23.5 Å². The summed E-state index contributed by atoms with van der Waals surface area (Å²) in [6.45, 7) is 19.3. The van der Waals surface area contributed by atoms with Gasteiger partial charge in [0.05, 0.1) is 66.1 Å². The lowest BCUT2D eigenvalue weighted by Crippen LogP contribution is -2.59. The number of nitrogens with zero attached hydrogens (tertiary/aromatic N) is 5. The van der Waals surface area contributed by atoms with Gasteiger partial charge in [-0.2, -0.15) is 0 Å². The number of nitrogens with one attached hydrogen (secondary N) is 7. The summed E-state index contributed by atoms with van der Waals surface area (Å²) in [5, 5.41) is 61.3. The summed E-state index contributed by atoms with van der Waals surface area (Å²) in [6.07, 6.45) is 2.79. The first-order chi connectivity index (χ1) is 52.5. The van der Waals surface area contributed by atoms with E-state index in [-0.39, 0.29) is 105 Å². The van der Waals surface area contributed by atoms with Gasteiger partial charge < -0.3 is 92.2 Å². The predicted octanol–water partition coefficient (Wildman–Crippen LogP) is 7.42. The molecule has 3 heterocycles. The fraction of sp³-hybridized carbons (Fsp3) is 0.620. The maximum Gasteiger partial charge on any atom is 0.408 e. The number of aromatic hydroxyl groups is 4. The topological polar surface area (TPSA) is 418 Å². The summed E-state index contributed by atoms with van der Waals surface area (Å²) in [7, 11) is 8.41. The maximum absolute atomic E-state index is 14.6. The number of benzene rings is 2. The molecule has 6 rings (SSSR count). The summed E-state index contributed by atoms with van der Waals surface area (Å²) >= 11 is 1.28. The fourth-order valence-corrected chi connectivity index (χ4v) is 15.6. The average Bonchev–Trinajstić information content (AvgIpc) is 1.71. The lowest BCUT2D eigenvalue weighted by Gasteiger charge is -2.41. The molecule has 2 aromatic heterocycles. The summed E-state index contributed by atoms with van der Waals surface area (Å²) in [6, 6.07) is 12.6. The van der Waals surface area contributed by atoms with E-state index >= 15 is 0 Å². The van der Waals surface area contributed by atoms with Crippen LogP contribution in [-0.4, -0.2) is 213 Å². The minimum absolute atomic E-state index is 0.00980. The summed E-state index contributed by atoms with van der Waals surface area (Å²) < 4.78 is 19.9. The molecule has 2 aromatic carbocycles. The van der Waals surface area contributed by atoms with Crippen molar-refractivity contribution in [1.82, 2.24) is 55.9 Å². The second-order valence-electron chi connectivity index (χ2n) is 30.8. The molecule has 1 aliphatic carbocycles. The first-order valence-corrected chi connectivity index (χ1v) is 39.5. The highest BCUT2D eigenvalue weighted by atomic mass is 32.2. The molecule has 32 heteroatoms. The van der Waals surface area contributed by atoms with E-state index in [1.807, 2.05) is 78.7 Å². The van der Waals surface area contributed by atoms with Gasteiger partial charge in [-0.25, -0.2) is 14.4 Å². The molecule has 1 saturated carbocycles. The number of methoxy groups -OCH3 is 2. The average molecular weight is 1570 g/mol. The molecule has 4 aromatic rings. The number of rotatable bonds is 45. The van der Waals surface area contributed by atoms with Crippen LogP contribution in [0.1, 0.15) is 170 Å². The van der Waals surface area contributed by atoms with Gasteiger partial charge in [-0.05, 0) is 125 Å². The van der Waals surface area contributed by atoms with E-state index in [0.29, 0.717) is 77.3 Å². The quantitative estimate of drug-likeness (QED) is 0.0151. The fourth-order valence-electron chi connectivity index (χ4n) is 14.3. The van der Waals surface area contributed by atoms with Crippen LogP contribution in [-0.2, 0) is 65.7 Å². The number of thioether (sulfide) groups is 1. The lowest BCUT2D eigenvalue weighted by atomic mass is 9.89. The van der Waals surface area contributed by atoms with E-state index in [9.17, 15) is 68.4 Å². The first-order valence-electron chi connectivity index (χ1n) is 38.5. The third-order valence-electron chi connectivity index (χ3n) is 21.0. The zero-order chi connectivity index (χ0) is 82.1. The largest absolute Gasteiger partial charge is 0.494 e. The lowest BCUT2D eigenvalue weighted by molar-refractivity contribution is -0.148. The van der Waals surface area contributed by atoms with Crippen LogP contribution >= 0.6 is 11.8 Å². The number of alkyl carbamates (subject to hydrolysis) is 1. The Balaban J connectivity index is 0.997. The van der Waals surface area contributed by atoms with Crippen molar-refractivity contribution in [2.45, 2.75) is 231 Å². The number of hydrogen-bond donors (Lipinski definition) is 12. The van der Waals surface area contributed by atoms with Crippen LogP contribution in [0, 0.1) is 35.0 Å². The molecule has 13 N–H and O–H groups in total. The molecule has 616 valence electrons. The number of anilines is 1. The van der Waals surface area contributed by atoms with E-state index in [0.717, 1.165) is 12.8 Å². The molecule has 2 aliphatic rings. The number of carbonyl (C=O) groups excluding carboxylic acids is 10. The molecule has 10 amide bonds. The Morgan fingerprint density at radius 2 is 1.37 bits per heavy atom. The monoisotopic (exact) mass is 1570 g/mol. The molecule has 31 nitrogen and oxygen atoms in total. The van der Waals surface area contributed by atoms with Crippen LogP contribution in [0.3, 0.4) is 0 Å². The second kappa shape index (κ2) is 42.9. The SMILES string of the molecule is CC[C@H](C)[C@@H]([C@@H](CC(=O)N1CCC[C@H]1[C@H](OC)[C@@H](C)C(=O)N[C@H](C)C(NC(=O)OCc1ccc(NC(=O)[C@H](CCCNC(N)=O)NC(=O)[C@@H](NC(=O)CCCCCn2c(O)cc(SCC3(CC(=O)On4c(O)ccc4O)CC3)c2O)C(C)C)cc1)c1ccccc1)OC)N(C)C(=O)[C@@H](NC(=O)[C@H](C(C)C)N(C)C)C(C)C. The van der Waals surface area contributed by atoms with Crippen molar-refractivity contribution < 1.29 is 87.4 Å². The highest BCUT2D eigenvalue weighted by Crippen LogP contribution is 2.53. The Morgan fingerprint density at radius 3 is 1.95 bits per heavy atom. The first kappa shape index (κ1) is 90.6. The van der Waals surface area contributed by atoms with Crippen molar-refractivity contribution in [2.75, 3.05) is 59.5 Å². The second-order valence-corrected chi connectivity index (χ2v) is 31.8. The number of urea groups is 1. The van der Waals surface area contributed by atoms with E-state index in [1.54, 1.807) is 80.9 Å². The van der Waals surface area contributed by atoms with Crippen molar-refractivity contribution in [3.05, 3.63) is 83.9 Å². The summed E-state index contributed by atoms with van der Waals surface area (Å²) in [5.41, 5.74) is 6.43. The standard InChI is InChI=1S/C79H121N13O18S/c1-16-49(8)69(89(13)76(104)66(47(4)5)86-74(102)68(48(6)7)88(11)12)57(107-14)41-62(96)90-40-24-28-56(90)70(108-15)50(9)71(99)82-51(10)67(53-25-19-17-20-26-53)87-78(106)109-44-52-30-32-54(33-31-52)83-72(100)55(27-23-38-81-77(80)105)84-73(101)65(46(2)3)85-59(93)29-21-18-22-39-91-63(97)42-58(75(91)103)111-45-79(36-37-79)43-64(98)110-92-60(94)34-35-61(92)95/h17,19-20,25-26,30-35,42,46-51,55-57,65-70,94-95,97,103H,16,18,21-24,27-29,36-41,43-45H2,1-15H3,(H,82,99)(H,83,100)(H,84,101)(H,85,93)(H,86,102)(H,87,106)(H3,80,81,105)/t49-,50+,51+,55-,56-,57+,65-,66-,67?,68-,69-,70+/m0/s1. The Hall–Kier alpha value is -9.27. The van der Waals surface area contributed by atoms with Crippen molar-refractivity contribution >= 4 is 76.9 Å². The smallest absolute Gasteiger partial charge is 0.408 e. The van der Waals surface area contributed by atoms with Gasteiger partial charge in [0.15, 0.2) is 5.88 Å². The molecule has 0 bridgehead atoms. The molecule has 2 fully saturated rings. The van der Waals surface area contributed by atoms with E-state index < -0.39 is 125 Å². The van der Waals surface area contributed by atoms with Crippen molar-refractivity contribution in [3.8, 4) is 23.5 Å². The van der Waals surface area contributed by atoms with E-state index in [4.69, 9.17) is 24.8 Å². The molecule has 1 aliphatic heterocycles. The molecule has 111 heavy (non-hydrogen) atoms. The van der Waals surface area contributed by atoms with Crippen LogP contribution in [0.15, 0.2) is 77.7 Å². The third kappa shape index (κ3) is 26.2. The molecule has 0 radical (unpaired) electrons. The Bertz CT molecular complexity index is 3710. The number of likely N-dealkylation sites (N-methyl/N-ethyl adjacent to an activating group) is 2. The molecule has 0 spiro atoms. The zero-order valence-corrected chi connectivity index (χ0v) is 67.9. The van der Waals surface area contributed by atoms with Gasteiger partial charge in [-0.15, -0.1) is 16.5 Å². The number of hydrogen-bond acceptors (Lipinski definition) is 20. The molecule has 12 atom stereocenters. The van der Waals surface area contributed by atoms with Crippen LogP contribution in [0.4, 0.5) is 15.3 Å². The number of nitrogens with two attached hydrogens (primary N) is 1. The normalized spacial score (nSPS) is 16.9. The number of ether oxygens (including phenoxy) is 3. The van der Waals surface area contributed by atoms with Crippen molar-refractivity contribution in [2.24, 2.45) is 40.7 Å². The number of primary amides is 1. The van der Waals surface area contributed by atoms with Crippen molar-refractivity contribution in [3.63, 3.8) is 0 Å². The van der Waals surface area contributed by atoms with Crippen molar-refractivity contribution in [1.29, 1.82) is 0 Å². The Kier molecular flexibility index (Phi) is 35.1. The van der Waals surface area contributed by atoms with Gasteiger partial charge >= 0.3 is 18.1 Å². The van der Waals surface area contributed by atoms with Gasteiger partial charge in [-0.1, -0.05) is 118 Å². The number of aromatic nitrogens is 2. The minimum Gasteiger partial charge on any atom is -0.494 e. The van der Waals surface area contributed by atoms with E-state index in [1.165, 1.54) is 48.7 Å². The summed E-state index contributed by atoms with van der Waals surface area (Å²) in [5.74, 6) is -5.68. The molecular weight excluding hydrogens is 1450 g/mol. The number of likely N-dealkylation sites (tertiary alicyclic amines) is 1. The number of unbranched alkanes of at least 4 members (excludes halogenated alkanes) is 2. The Morgan fingerprint density at radius 1 is 0.712 bits per heavy atom. The minimum atomic E-state index is -1.14. The van der Waals surface area contributed by atoms with Gasteiger partial charge in [0.1, 0.15) is 24.7 Å². The number of carbonyl (C=O) groups is 10. The highest BCUT2D eigenvalue weighted by molar-refractivity contribution is 7.99. The van der Waals surface area contributed by atoms with Gasteiger partial charge in [-0.3, -0.25) is 43.0 Å². The van der Waals surface area contributed by atoms with Gasteiger partial charge in [0.2, 0.25) is 59.0 Å². The number of amides is 10. The molecule has 1 saturated heterocycles. The maximum atomic E-state index is 14.6. The highest BCUT2D eigenvalue weighted by Gasteiger charge is 2.47. The zero-order valence-electron chi connectivity index (χ0n) is 67.0. The van der Waals surface area contributed by atoms with Crippen LogP contribution in [0.2, 0.25) is 0 Å². The predicted molar refractivity (Wildman–Crippen MR) is 418 cm³/mol. The molecule has 1 unspecified atom stereocenters.